The van der Waals surface area contributed by atoms with Crippen LogP contribution in [-0.4, -0.2) is 11.6 Å². The smallest absolute Gasteiger partial charge is 0.194 e. The number of nitrogens with zero attached hydrogens (tertiary/aromatic N) is 4. The number of benzene rings is 9. The molecule has 450 valence electrons. The van der Waals surface area contributed by atoms with Crippen LogP contribution in [0.2, 0.25) is 0 Å². The second-order valence-electron chi connectivity index (χ2n) is 25.2. The number of thiophene rings is 4. The molecule has 0 amide bonds. The summed E-state index contributed by atoms with van der Waals surface area (Å²) in [6, 6.07) is 86.6. The molecule has 0 N–H and O–H groups in total. The largest absolute Gasteiger partial charge is 0.289 e. The summed E-state index contributed by atoms with van der Waals surface area (Å²) >= 11 is 6.75. The van der Waals surface area contributed by atoms with Crippen molar-refractivity contribution in [3.63, 3.8) is 0 Å². The molecule has 96 heavy (non-hydrogen) atoms. The first-order valence-corrected chi connectivity index (χ1v) is 34.7. The van der Waals surface area contributed by atoms with Gasteiger partial charge in [0.15, 0.2) is 11.6 Å². The predicted molar refractivity (Wildman–Crippen MR) is 391 cm³/mol. The first-order valence-electron chi connectivity index (χ1n) is 31.5. The molecule has 0 spiro atoms. The molecule has 0 fully saturated rings. The van der Waals surface area contributed by atoms with Gasteiger partial charge in [0.25, 0.3) is 0 Å². The van der Waals surface area contributed by atoms with Crippen LogP contribution in [0.25, 0.3) is 85.2 Å². The average Bonchev–Trinajstić information content (AvgIpc) is 1.50. The van der Waals surface area contributed by atoms with Gasteiger partial charge in [-0.2, -0.15) is 21.0 Å². The Hall–Kier alpha value is -11.4. The summed E-state index contributed by atoms with van der Waals surface area (Å²) in [6.45, 7) is 8.60. The summed E-state index contributed by atoms with van der Waals surface area (Å²) in [7, 11) is 0. The topological polar surface area (TPSA) is 129 Å². The Balaban J connectivity index is 0.905. The minimum Gasteiger partial charge on any atom is -0.289 e. The quantitative estimate of drug-likeness (QED) is 0.110. The molecular formula is C86H50N4O2S4. The van der Waals surface area contributed by atoms with Crippen molar-refractivity contribution in [2.45, 2.75) is 38.5 Å². The first-order chi connectivity index (χ1) is 46.8. The molecule has 0 unspecified atom stereocenters. The Morgan fingerprint density at radius 3 is 1.01 bits per heavy atom. The number of carbonyl (C=O) groups is 2. The Labute approximate surface area is 570 Å². The van der Waals surface area contributed by atoms with Gasteiger partial charge in [-0.15, -0.1) is 45.3 Å². The number of hydrogen-bond acceptors (Lipinski definition) is 10. The minimum absolute atomic E-state index is 0.0878. The van der Waals surface area contributed by atoms with E-state index in [0.717, 1.165) is 40.0 Å². The molecule has 0 radical (unpaired) electrons. The van der Waals surface area contributed by atoms with E-state index in [9.17, 15) is 30.6 Å². The SMILES string of the molecule is Cc1ccc(C2(c3ccc(C)cc3)c3cc4c(cc3-c3c2ccc2cc(-c5ccc(C=C6C(=O)c7ccccc7C6=C(C#N)C#N)s5)sc32)C(c2ccc(C)cc2)(c2ccc(C)cc2)c2ccc3cc(-c5ccc(C=C6C(=O)c7ccccc7C6=C(C#N)C#N)s5)sc3c2-4)cc1. The molecule has 4 aliphatic rings. The molecule has 0 bridgehead atoms. The van der Waals surface area contributed by atoms with Gasteiger partial charge < -0.3 is 0 Å². The number of rotatable bonds is 8. The molecule has 0 atom stereocenters. The van der Waals surface area contributed by atoms with E-state index >= 15 is 0 Å². The zero-order valence-corrected chi connectivity index (χ0v) is 55.4. The lowest BCUT2D eigenvalue weighted by Crippen LogP contribution is -2.30. The van der Waals surface area contributed by atoms with E-state index in [1.807, 2.05) is 48.6 Å². The van der Waals surface area contributed by atoms with E-state index in [4.69, 9.17) is 0 Å². The fourth-order valence-corrected chi connectivity index (χ4v) is 19.9. The number of nitriles is 4. The van der Waals surface area contributed by atoms with Crippen molar-refractivity contribution in [2.24, 2.45) is 0 Å². The van der Waals surface area contributed by atoms with E-state index in [0.29, 0.717) is 44.5 Å². The van der Waals surface area contributed by atoms with Crippen LogP contribution in [0.15, 0.2) is 241 Å². The van der Waals surface area contributed by atoms with Crippen molar-refractivity contribution >= 4 is 100 Å². The predicted octanol–water partition coefficient (Wildman–Crippen LogP) is 21.7. The first kappa shape index (κ1) is 58.4. The van der Waals surface area contributed by atoms with Crippen LogP contribution in [0.4, 0.5) is 0 Å². The van der Waals surface area contributed by atoms with Crippen LogP contribution >= 0.6 is 45.3 Å². The zero-order chi connectivity index (χ0) is 65.5. The van der Waals surface area contributed by atoms with Gasteiger partial charge in [0.2, 0.25) is 0 Å². The standard InChI is InChI=1S/C86H50N4O2S4/c1-47-13-23-55(24-14-47)85(56-25-15-48(2)16-26-56)69-33-21-51-37-75(73-35-31-59(93-73)39-67-77(53(43-87)44-88)61-9-5-7-11-63(61)81(67)91)95-83(51)79(69)65-42-72-66(41-71(65)85)80-70(86(72,57-27-17-49(3)18-28-57)58-29-19-50(4)20-30-58)34-22-52-38-76(96-84(52)80)74-36-32-60(94-74)40-68-78(54(45-89)46-90)62-10-6-8-12-64(62)82(68)92/h5-42H,1-4H3. The summed E-state index contributed by atoms with van der Waals surface area (Å²) in [5, 5.41) is 42.7. The van der Waals surface area contributed by atoms with Crippen LogP contribution < -0.4 is 0 Å². The fraction of sp³-hybridized carbons (Fsp3) is 0.0698. The number of Topliss-reactive ketones (excluding diaryl/α,β-unsaturated/α-hetero) is 2. The number of fused-ring (bicyclic) bond motifs is 12. The maximum atomic E-state index is 14.1. The molecule has 9 aromatic carbocycles. The van der Waals surface area contributed by atoms with E-state index in [1.165, 1.54) is 98.4 Å². The highest BCUT2D eigenvalue weighted by Crippen LogP contribution is 2.66. The fourth-order valence-electron chi connectivity index (χ4n) is 15.4. The van der Waals surface area contributed by atoms with Gasteiger partial charge in [-0.25, -0.2) is 0 Å². The van der Waals surface area contributed by atoms with E-state index in [2.05, 4.69) is 210 Å². The number of allylic oxidation sites excluding steroid dienone is 6. The highest BCUT2D eigenvalue weighted by Gasteiger charge is 2.53. The highest BCUT2D eigenvalue weighted by molar-refractivity contribution is 7.27. The van der Waals surface area contributed by atoms with E-state index in [1.54, 1.807) is 69.6 Å². The minimum atomic E-state index is -0.780. The van der Waals surface area contributed by atoms with Gasteiger partial charge in [-0.1, -0.05) is 192 Å². The number of ketones is 2. The molecule has 4 aromatic heterocycles. The lowest BCUT2D eigenvalue weighted by Gasteiger charge is -2.35. The van der Waals surface area contributed by atoms with Crippen LogP contribution in [0.3, 0.4) is 0 Å². The molecular weight excluding hydrogens is 1250 g/mol. The summed E-state index contributed by atoms with van der Waals surface area (Å²) in [5.74, 6) is -0.408. The molecule has 6 nitrogen and oxygen atoms in total. The maximum absolute atomic E-state index is 14.1. The molecule has 0 saturated heterocycles. The van der Waals surface area contributed by atoms with E-state index in [-0.39, 0.29) is 22.7 Å². The third-order valence-electron chi connectivity index (χ3n) is 19.8. The lowest BCUT2D eigenvalue weighted by molar-refractivity contribution is 0.103. The number of carbonyl (C=O) groups excluding carboxylic acids is 2. The third-order valence-corrected chi connectivity index (χ3v) is 24.6. The summed E-state index contributed by atoms with van der Waals surface area (Å²) in [5.41, 5.74) is 20.8. The van der Waals surface area contributed by atoms with Crippen molar-refractivity contribution in [1.82, 2.24) is 0 Å². The van der Waals surface area contributed by atoms with Gasteiger partial charge in [0, 0.05) is 83.2 Å². The third kappa shape index (κ3) is 8.48. The molecule has 0 saturated carbocycles. The Bertz CT molecular complexity index is 5460. The van der Waals surface area contributed by atoms with Gasteiger partial charge >= 0.3 is 0 Å². The van der Waals surface area contributed by atoms with E-state index < -0.39 is 10.8 Å². The van der Waals surface area contributed by atoms with Crippen molar-refractivity contribution in [2.75, 3.05) is 0 Å². The molecule has 4 aliphatic carbocycles. The second kappa shape index (κ2) is 22.1. The van der Waals surface area contributed by atoms with Gasteiger partial charge in [-0.05, 0) is 166 Å². The normalized spacial score (nSPS) is 15.0. The van der Waals surface area contributed by atoms with Gasteiger partial charge in [0.05, 0.1) is 10.8 Å². The lowest BCUT2D eigenvalue weighted by atomic mass is 9.65. The van der Waals surface area contributed by atoms with Crippen LogP contribution in [0, 0.1) is 73.0 Å². The summed E-state index contributed by atoms with van der Waals surface area (Å²) < 4.78 is 2.34. The molecule has 4 heterocycles. The Morgan fingerprint density at radius 2 is 0.677 bits per heavy atom. The molecule has 13 aromatic rings. The zero-order valence-electron chi connectivity index (χ0n) is 52.2. The number of aryl methyl sites for hydroxylation is 4. The van der Waals surface area contributed by atoms with Crippen molar-refractivity contribution in [3.8, 4) is 66.0 Å². The highest BCUT2D eigenvalue weighted by atomic mass is 32.1. The molecule has 17 rings (SSSR count). The number of hydrogen-bond donors (Lipinski definition) is 0. The molecule has 0 aliphatic heterocycles. The average molecular weight is 1300 g/mol. The monoisotopic (exact) mass is 1300 g/mol. The second-order valence-corrected chi connectivity index (χ2v) is 29.5. The van der Waals surface area contributed by atoms with Crippen LogP contribution in [0.5, 0.6) is 0 Å². The maximum Gasteiger partial charge on any atom is 0.194 e. The van der Waals surface area contributed by atoms with Gasteiger partial charge in [0.1, 0.15) is 35.4 Å². The Morgan fingerprint density at radius 1 is 0.344 bits per heavy atom. The van der Waals surface area contributed by atoms with Crippen molar-refractivity contribution in [3.05, 3.63) is 339 Å². The molecule has 10 heteroatoms. The summed E-state index contributed by atoms with van der Waals surface area (Å²) in [4.78, 5) is 34.1. The Kier molecular flexibility index (Phi) is 13.4. The van der Waals surface area contributed by atoms with Gasteiger partial charge in [-0.3, -0.25) is 9.59 Å². The van der Waals surface area contributed by atoms with Crippen LogP contribution in [-0.2, 0) is 10.8 Å². The summed E-state index contributed by atoms with van der Waals surface area (Å²) in [6.07, 6.45) is 3.68. The van der Waals surface area contributed by atoms with Crippen LogP contribution in [0.1, 0.15) is 108 Å². The van der Waals surface area contributed by atoms with Crippen molar-refractivity contribution in [1.29, 1.82) is 21.0 Å². The van der Waals surface area contributed by atoms with Crippen molar-refractivity contribution < 1.29 is 9.59 Å².